The van der Waals surface area contributed by atoms with Gasteiger partial charge in [-0.25, -0.2) is 4.79 Å². The standard InChI is InChI=1S/C24H29ClN2O2/c1-5-26(6-2)14-15-27-22(18-10-8-7-9-11-18)21-16-19(25)12-13-20(21)23(27)24(28)29-17(3)4/h7-13,16-17H,5-6,14-15H2,1-4H3. The lowest BCUT2D eigenvalue weighted by atomic mass is 10.1. The van der Waals surface area contributed by atoms with Gasteiger partial charge < -0.3 is 14.2 Å². The summed E-state index contributed by atoms with van der Waals surface area (Å²) >= 11 is 6.34. The van der Waals surface area contributed by atoms with Gasteiger partial charge >= 0.3 is 5.97 Å². The number of esters is 1. The van der Waals surface area contributed by atoms with Crippen LogP contribution in [0, 0.1) is 0 Å². The Morgan fingerprint density at radius 3 is 2.38 bits per heavy atom. The number of hydrogen-bond donors (Lipinski definition) is 0. The van der Waals surface area contributed by atoms with E-state index in [-0.39, 0.29) is 12.1 Å². The molecule has 0 amide bonds. The summed E-state index contributed by atoms with van der Waals surface area (Å²) < 4.78 is 7.73. The molecule has 0 atom stereocenters. The SMILES string of the molecule is CCN(CC)CCn1c(C(=O)OC(C)C)c2ccc(Cl)cc2c1-c1ccccc1. The summed E-state index contributed by atoms with van der Waals surface area (Å²) in [6.07, 6.45) is -0.184. The molecule has 0 fully saturated rings. The highest BCUT2D eigenvalue weighted by atomic mass is 35.5. The van der Waals surface area contributed by atoms with Crippen LogP contribution in [0.25, 0.3) is 22.0 Å². The number of hydrogen-bond acceptors (Lipinski definition) is 3. The third kappa shape index (κ3) is 4.65. The third-order valence-electron chi connectivity index (χ3n) is 5.15. The van der Waals surface area contributed by atoms with Gasteiger partial charge in [-0.2, -0.15) is 0 Å². The normalized spacial score (nSPS) is 11.6. The molecule has 5 heteroatoms. The Labute approximate surface area is 178 Å². The van der Waals surface area contributed by atoms with E-state index in [1.165, 1.54) is 0 Å². The molecule has 0 unspecified atom stereocenters. The Morgan fingerprint density at radius 2 is 1.76 bits per heavy atom. The van der Waals surface area contributed by atoms with Crippen LogP contribution in [0.2, 0.25) is 5.02 Å². The van der Waals surface area contributed by atoms with E-state index in [0.29, 0.717) is 17.3 Å². The van der Waals surface area contributed by atoms with Crippen molar-refractivity contribution in [2.75, 3.05) is 19.6 Å². The second-order valence-corrected chi connectivity index (χ2v) is 7.82. The monoisotopic (exact) mass is 412 g/mol. The highest BCUT2D eigenvalue weighted by Gasteiger charge is 2.25. The average molecular weight is 413 g/mol. The van der Waals surface area contributed by atoms with Crippen LogP contribution in [0.3, 0.4) is 0 Å². The van der Waals surface area contributed by atoms with E-state index in [1.54, 1.807) is 0 Å². The van der Waals surface area contributed by atoms with Crippen LogP contribution in [-0.4, -0.2) is 41.2 Å². The molecule has 0 aliphatic carbocycles. The first-order chi connectivity index (χ1) is 14.0. The van der Waals surface area contributed by atoms with Crippen LogP contribution in [0.4, 0.5) is 0 Å². The lowest BCUT2D eigenvalue weighted by Gasteiger charge is -2.21. The Balaban J connectivity index is 2.25. The van der Waals surface area contributed by atoms with Gasteiger partial charge in [0.05, 0.1) is 11.8 Å². The number of halogens is 1. The third-order valence-corrected chi connectivity index (χ3v) is 5.38. The molecule has 0 saturated carbocycles. The van der Waals surface area contributed by atoms with Crippen molar-refractivity contribution in [3.05, 3.63) is 59.2 Å². The molecule has 29 heavy (non-hydrogen) atoms. The first kappa shape index (κ1) is 21.4. The van der Waals surface area contributed by atoms with Gasteiger partial charge in [-0.3, -0.25) is 0 Å². The average Bonchev–Trinajstić information content (AvgIpc) is 3.02. The van der Waals surface area contributed by atoms with Gasteiger partial charge in [-0.05, 0) is 44.6 Å². The Hall–Kier alpha value is -2.30. The molecule has 0 radical (unpaired) electrons. The van der Waals surface area contributed by atoms with Crippen molar-refractivity contribution in [2.45, 2.75) is 40.3 Å². The predicted octanol–water partition coefficient (Wildman–Crippen LogP) is 5.87. The van der Waals surface area contributed by atoms with E-state index in [2.05, 4.69) is 35.4 Å². The predicted molar refractivity (Wildman–Crippen MR) is 121 cm³/mol. The van der Waals surface area contributed by atoms with Crippen LogP contribution < -0.4 is 0 Å². The molecule has 0 aliphatic heterocycles. The Kier molecular flexibility index (Phi) is 6.99. The van der Waals surface area contributed by atoms with Crippen LogP contribution in [0.5, 0.6) is 0 Å². The van der Waals surface area contributed by atoms with Crippen molar-refractivity contribution in [3.63, 3.8) is 0 Å². The molecule has 0 spiro atoms. The number of likely N-dealkylation sites (N-methyl/N-ethyl adjacent to an activating group) is 1. The van der Waals surface area contributed by atoms with Crippen molar-refractivity contribution in [1.29, 1.82) is 0 Å². The van der Waals surface area contributed by atoms with E-state index in [1.807, 2.05) is 50.2 Å². The summed E-state index contributed by atoms with van der Waals surface area (Å²) in [6.45, 7) is 11.5. The fourth-order valence-corrected chi connectivity index (χ4v) is 3.90. The quantitative estimate of drug-likeness (QED) is 0.434. The first-order valence-electron chi connectivity index (χ1n) is 10.3. The maximum Gasteiger partial charge on any atom is 0.355 e. The number of rotatable bonds is 8. The van der Waals surface area contributed by atoms with Gasteiger partial charge in [0, 0.05) is 28.9 Å². The summed E-state index contributed by atoms with van der Waals surface area (Å²) in [5, 5.41) is 2.50. The number of fused-ring (bicyclic) bond motifs is 1. The molecule has 0 saturated heterocycles. The zero-order chi connectivity index (χ0) is 21.0. The van der Waals surface area contributed by atoms with Crippen molar-refractivity contribution in [3.8, 4) is 11.3 Å². The molecular formula is C24H29ClN2O2. The molecule has 3 rings (SSSR count). The van der Waals surface area contributed by atoms with E-state index in [0.717, 1.165) is 41.7 Å². The number of carbonyl (C=O) groups excluding carboxylic acids is 1. The molecule has 4 nitrogen and oxygen atoms in total. The Bertz CT molecular complexity index is 975. The maximum absolute atomic E-state index is 13.1. The van der Waals surface area contributed by atoms with Gasteiger partial charge in [0.1, 0.15) is 5.69 Å². The summed E-state index contributed by atoms with van der Waals surface area (Å²) in [6, 6.07) is 15.9. The Morgan fingerprint density at radius 1 is 1.07 bits per heavy atom. The van der Waals surface area contributed by atoms with Gasteiger partial charge in [0.25, 0.3) is 0 Å². The summed E-state index contributed by atoms with van der Waals surface area (Å²) in [5.41, 5.74) is 2.66. The summed E-state index contributed by atoms with van der Waals surface area (Å²) in [4.78, 5) is 15.5. The van der Waals surface area contributed by atoms with Crippen molar-refractivity contribution < 1.29 is 9.53 Å². The fraction of sp³-hybridized carbons (Fsp3) is 0.375. The first-order valence-corrected chi connectivity index (χ1v) is 10.6. The number of benzene rings is 2. The van der Waals surface area contributed by atoms with Gasteiger partial charge in [-0.15, -0.1) is 0 Å². The molecule has 0 bridgehead atoms. The van der Waals surface area contributed by atoms with E-state index < -0.39 is 0 Å². The number of nitrogens with zero attached hydrogens (tertiary/aromatic N) is 2. The molecule has 3 aromatic rings. The summed E-state index contributed by atoms with van der Waals surface area (Å²) in [5.74, 6) is -0.297. The fourth-order valence-electron chi connectivity index (χ4n) is 3.72. The zero-order valence-corrected chi connectivity index (χ0v) is 18.4. The summed E-state index contributed by atoms with van der Waals surface area (Å²) in [7, 11) is 0. The number of aromatic nitrogens is 1. The van der Waals surface area contributed by atoms with E-state index in [9.17, 15) is 4.79 Å². The lowest BCUT2D eigenvalue weighted by molar-refractivity contribution is 0.0367. The van der Waals surface area contributed by atoms with Crippen molar-refractivity contribution in [2.24, 2.45) is 0 Å². The van der Waals surface area contributed by atoms with Crippen LogP contribution in [-0.2, 0) is 11.3 Å². The minimum Gasteiger partial charge on any atom is -0.458 e. The number of ether oxygens (including phenoxy) is 1. The largest absolute Gasteiger partial charge is 0.458 e. The molecule has 0 N–H and O–H groups in total. The van der Waals surface area contributed by atoms with Crippen molar-refractivity contribution in [1.82, 2.24) is 9.47 Å². The van der Waals surface area contributed by atoms with Crippen LogP contribution in [0.1, 0.15) is 38.2 Å². The molecule has 2 aromatic carbocycles. The van der Waals surface area contributed by atoms with Crippen molar-refractivity contribution >= 4 is 28.3 Å². The van der Waals surface area contributed by atoms with Crippen LogP contribution in [0.15, 0.2) is 48.5 Å². The minimum atomic E-state index is -0.297. The zero-order valence-electron chi connectivity index (χ0n) is 17.6. The molecule has 1 aromatic heterocycles. The second-order valence-electron chi connectivity index (χ2n) is 7.39. The molecule has 1 heterocycles. The van der Waals surface area contributed by atoms with Gasteiger partial charge in [0.15, 0.2) is 0 Å². The van der Waals surface area contributed by atoms with Crippen LogP contribution >= 0.6 is 11.6 Å². The van der Waals surface area contributed by atoms with Gasteiger partial charge in [-0.1, -0.05) is 61.8 Å². The second kappa shape index (κ2) is 9.47. The maximum atomic E-state index is 13.1. The minimum absolute atomic E-state index is 0.184. The highest BCUT2D eigenvalue weighted by molar-refractivity contribution is 6.31. The smallest absolute Gasteiger partial charge is 0.355 e. The molecule has 154 valence electrons. The van der Waals surface area contributed by atoms with E-state index >= 15 is 0 Å². The highest BCUT2D eigenvalue weighted by Crippen LogP contribution is 2.36. The lowest BCUT2D eigenvalue weighted by Crippen LogP contribution is -2.28. The molecular weight excluding hydrogens is 384 g/mol. The van der Waals surface area contributed by atoms with E-state index in [4.69, 9.17) is 16.3 Å². The van der Waals surface area contributed by atoms with Gasteiger partial charge in [0.2, 0.25) is 0 Å². The topological polar surface area (TPSA) is 34.5 Å². The molecule has 0 aliphatic rings. The number of carbonyl (C=O) groups is 1.